The Morgan fingerprint density at radius 3 is 0.857 bits per heavy atom. The Labute approximate surface area is 293 Å². The van der Waals surface area contributed by atoms with Gasteiger partial charge < -0.3 is 0 Å². The fourth-order valence-corrected chi connectivity index (χ4v) is 11.2. The molecule has 0 heterocycles. The van der Waals surface area contributed by atoms with E-state index in [0.29, 0.717) is 0 Å². The second kappa shape index (κ2) is 10.3. The number of hydrogen-bond acceptors (Lipinski definition) is 0. The highest BCUT2D eigenvalue weighted by Crippen LogP contribution is 2.70. The smallest absolute Gasteiger partial charge is 0.0216 e. The number of halogens is 3. The molecule has 4 aromatic rings. The lowest BCUT2D eigenvalue weighted by molar-refractivity contribution is 0.473. The molecule has 7 rings (SSSR count). The van der Waals surface area contributed by atoms with Crippen molar-refractivity contribution < 1.29 is 0 Å². The first-order valence-corrected chi connectivity index (χ1v) is 19.1. The predicted molar refractivity (Wildman–Crippen MR) is 205 cm³/mol. The molecule has 0 bridgehead atoms. The molecule has 4 aromatic carbocycles. The van der Waals surface area contributed by atoms with Gasteiger partial charge in [0.15, 0.2) is 0 Å². The second-order valence-electron chi connectivity index (χ2n) is 12.7. The lowest BCUT2D eigenvalue weighted by atomic mass is 9.65. The molecule has 3 heteroatoms. The van der Waals surface area contributed by atoms with Gasteiger partial charge >= 0.3 is 0 Å². The van der Waals surface area contributed by atoms with E-state index in [9.17, 15) is 0 Å². The number of fused-ring (bicyclic) bond motifs is 12. The molecule has 0 atom stereocenters. The fraction of sp³-hybridized carbons (Fsp3) is 0.385. The topological polar surface area (TPSA) is 0 Å². The SMILES string of the molecule is CCC1(CC)c2cc(I)ccc2-c2c1c1c(c3c2C(CC)(CC)c2cc(I)ccc2-3)C(CC)(CC)c2cc(I)ccc2-1. The van der Waals surface area contributed by atoms with E-state index in [1.165, 1.54) is 27.4 Å². The normalized spacial score (nSPS) is 17.4. The third-order valence-corrected chi connectivity index (χ3v) is 13.9. The maximum absolute atomic E-state index is 2.54. The molecule has 0 aromatic heterocycles. The van der Waals surface area contributed by atoms with Gasteiger partial charge in [0.1, 0.15) is 0 Å². The minimum Gasteiger partial charge on any atom is -0.0642 e. The van der Waals surface area contributed by atoms with Gasteiger partial charge in [-0.2, -0.15) is 0 Å². The molecule has 3 aliphatic rings. The minimum absolute atomic E-state index is 0.0131. The summed E-state index contributed by atoms with van der Waals surface area (Å²) in [6.45, 7) is 14.7. The van der Waals surface area contributed by atoms with Crippen LogP contribution in [0.5, 0.6) is 0 Å². The zero-order valence-electron chi connectivity index (χ0n) is 25.6. The summed E-state index contributed by atoms with van der Waals surface area (Å²) in [6, 6.07) is 22.1. The van der Waals surface area contributed by atoms with Crippen LogP contribution in [0.3, 0.4) is 0 Å². The first-order valence-electron chi connectivity index (χ1n) is 15.9. The van der Waals surface area contributed by atoms with Crippen LogP contribution in [0.2, 0.25) is 0 Å². The van der Waals surface area contributed by atoms with Crippen molar-refractivity contribution >= 4 is 67.8 Å². The van der Waals surface area contributed by atoms with Gasteiger partial charge in [-0.05, 0) is 209 Å². The quantitative estimate of drug-likeness (QED) is 0.169. The molecule has 0 spiro atoms. The predicted octanol–water partition coefficient (Wildman–Crippen LogP) is 12.8. The molecule has 0 nitrogen and oxygen atoms in total. The van der Waals surface area contributed by atoms with Gasteiger partial charge in [0.05, 0.1) is 0 Å². The van der Waals surface area contributed by atoms with Gasteiger partial charge in [-0.15, -0.1) is 0 Å². The Bertz CT molecular complexity index is 1550. The van der Waals surface area contributed by atoms with Crippen LogP contribution in [0.4, 0.5) is 0 Å². The molecular formula is C39H39I3. The van der Waals surface area contributed by atoms with E-state index in [2.05, 4.69) is 164 Å². The Balaban J connectivity index is 1.81. The molecule has 0 radical (unpaired) electrons. The highest BCUT2D eigenvalue weighted by molar-refractivity contribution is 14.1. The first kappa shape index (κ1) is 29.8. The molecule has 3 aliphatic carbocycles. The van der Waals surface area contributed by atoms with Crippen LogP contribution >= 0.6 is 67.8 Å². The Hall–Kier alpha value is -0.930. The van der Waals surface area contributed by atoms with E-state index in [0.717, 1.165) is 38.5 Å². The third-order valence-electron chi connectivity index (χ3n) is 11.9. The van der Waals surface area contributed by atoms with Crippen molar-refractivity contribution in [2.45, 2.75) is 96.3 Å². The van der Waals surface area contributed by atoms with Crippen molar-refractivity contribution in [3.63, 3.8) is 0 Å². The van der Waals surface area contributed by atoms with Crippen molar-refractivity contribution in [3.8, 4) is 33.4 Å². The summed E-state index contributed by atoms with van der Waals surface area (Å²) in [5.41, 5.74) is 18.9. The number of benzene rings is 4. The summed E-state index contributed by atoms with van der Waals surface area (Å²) in [6.07, 6.45) is 6.73. The zero-order chi connectivity index (χ0) is 29.8. The Morgan fingerprint density at radius 1 is 0.405 bits per heavy atom. The summed E-state index contributed by atoms with van der Waals surface area (Å²) < 4.78 is 4.04. The standard InChI is InChI=1S/C39H39I3/c1-7-37(8-2)28-19-22(40)13-16-25(28)31-34(37)32-26-17-14-23(41)20-29(26)38(9-3,10-4)36(32)33-27-18-15-24(42)21-30(27)39(11-5,12-6)35(31)33/h13-21H,7-12H2,1-6H3. The lowest BCUT2D eigenvalue weighted by Crippen LogP contribution is -2.29. The minimum atomic E-state index is 0.0131. The maximum atomic E-state index is 2.54. The molecule has 0 aliphatic heterocycles. The molecule has 42 heavy (non-hydrogen) atoms. The Morgan fingerprint density at radius 2 is 0.643 bits per heavy atom. The number of hydrogen-bond donors (Lipinski definition) is 0. The fourth-order valence-electron chi connectivity index (χ4n) is 9.74. The van der Waals surface area contributed by atoms with Crippen molar-refractivity contribution in [3.05, 3.63) is 98.7 Å². The summed E-state index contributed by atoms with van der Waals surface area (Å²) in [4.78, 5) is 0. The second-order valence-corrected chi connectivity index (χ2v) is 16.4. The molecule has 0 fully saturated rings. The van der Waals surface area contributed by atoms with Crippen molar-refractivity contribution in [1.29, 1.82) is 0 Å². The Kier molecular flexibility index (Phi) is 7.30. The molecule has 0 N–H and O–H groups in total. The van der Waals surface area contributed by atoms with Crippen molar-refractivity contribution in [2.24, 2.45) is 0 Å². The van der Waals surface area contributed by atoms with E-state index in [-0.39, 0.29) is 16.2 Å². The lowest BCUT2D eigenvalue weighted by Gasteiger charge is -2.37. The van der Waals surface area contributed by atoms with Crippen LogP contribution in [0, 0.1) is 10.7 Å². The number of rotatable bonds is 6. The van der Waals surface area contributed by atoms with Gasteiger partial charge in [-0.1, -0.05) is 59.7 Å². The van der Waals surface area contributed by atoms with Crippen LogP contribution in [0.1, 0.15) is 113 Å². The van der Waals surface area contributed by atoms with Crippen LogP contribution in [-0.4, -0.2) is 0 Å². The summed E-state index contributed by atoms with van der Waals surface area (Å²) in [5.74, 6) is 0. The highest BCUT2D eigenvalue weighted by atomic mass is 127. The van der Waals surface area contributed by atoms with E-state index < -0.39 is 0 Å². The third kappa shape index (κ3) is 3.45. The van der Waals surface area contributed by atoms with E-state index in [1.807, 2.05) is 0 Å². The van der Waals surface area contributed by atoms with E-state index >= 15 is 0 Å². The molecular weight excluding hydrogens is 849 g/mol. The largest absolute Gasteiger partial charge is 0.0642 e. The summed E-state index contributed by atoms with van der Waals surface area (Å²) in [7, 11) is 0. The van der Waals surface area contributed by atoms with Crippen LogP contribution < -0.4 is 0 Å². The van der Waals surface area contributed by atoms with Crippen LogP contribution in [0.15, 0.2) is 54.6 Å². The molecule has 0 amide bonds. The van der Waals surface area contributed by atoms with Gasteiger partial charge in [-0.3, -0.25) is 0 Å². The monoisotopic (exact) mass is 888 g/mol. The zero-order valence-corrected chi connectivity index (χ0v) is 32.0. The molecule has 0 saturated heterocycles. The van der Waals surface area contributed by atoms with Crippen LogP contribution in [-0.2, 0) is 16.2 Å². The average Bonchev–Trinajstić information content (AvgIpc) is 3.56. The van der Waals surface area contributed by atoms with Gasteiger partial charge in [-0.25, -0.2) is 0 Å². The van der Waals surface area contributed by atoms with Crippen LogP contribution in [0.25, 0.3) is 33.4 Å². The first-order chi connectivity index (χ1) is 20.2. The maximum Gasteiger partial charge on any atom is 0.0216 e. The van der Waals surface area contributed by atoms with E-state index in [1.54, 1.807) is 50.1 Å². The van der Waals surface area contributed by atoms with E-state index in [4.69, 9.17) is 0 Å². The van der Waals surface area contributed by atoms with Gasteiger partial charge in [0.25, 0.3) is 0 Å². The van der Waals surface area contributed by atoms with Gasteiger partial charge in [0, 0.05) is 27.0 Å². The van der Waals surface area contributed by atoms with Gasteiger partial charge in [0.2, 0.25) is 0 Å². The molecule has 0 saturated carbocycles. The van der Waals surface area contributed by atoms with Crippen molar-refractivity contribution in [2.75, 3.05) is 0 Å². The van der Waals surface area contributed by atoms with Crippen molar-refractivity contribution in [1.82, 2.24) is 0 Å². The molecule has 216 valence electrons. The average molecular weight is 888 g/mol. The summed E-state index contributed by atoms with van der Waals surface area (Å²) >= 11 is 7.62. The molecule has 0 unspecified atom stereocenters. The highest BCUT2D eigenvalue weighted by Gasteiger charge is 2.56. The summed E-state index contributed by atoms with van der Waals surface area (Å²) in [5, 5.41) is 0.